The molecule has 9 heteroatoms. The first-order valence-corrected chi connectivity index (χ1v) is 10.0. The standard InChI is InChI=1S/C19H16N4O4S/c1-12-2-4-14(5-3-12)21-19(25)23-9-8-13-10-15(6-7-16(13)23)28(26,27)17-11-20-18(24)22-17/h2-7,10,17H,11H2,1H3,(H,21,25)(H2,20,22,24). The minimum atomic E-state index is -3.76. The van der Waals surface area contributed by atoms with Crippen molar-refractivity contribution < 1.29 is 18.0 Å². The number of hydrogen-bond donors (Lipinski definition) is 3. The van der Waals surface area contributed by atoms with E-state index in [2.05, 4.69) is 28.2 Å². The van der Waals surface area contributed by atoms with Crippen LogP contribution in [0.4, 0.5) is 15.3 Å². The molecule has 8 nitrogen and oxygen atoms in total. The Balaban J connectivity index is 1.62. The zero-order valence-electron chi connectivity index (χ0n) is 14.8. The smallest absolute Gasteiger partial charge is 0.335 e. The van der Waals surface area contributed by atoms with E-state index >= 15 is 0 Å². The molecule has 0 bridgehead atoms. The van der Waals surface area contributed by atoms with E-state index in [0.717, 1.165) is 5.56 Å². The Morgan fingerprint density at radius 2 is 1.96 bits per heavy atom. The molecule has 0 saturated carbocycles. The summed E-state index contributed by atoms with van der Waals surface area (Å²) < 4.78 is 26.6. The van der Waals surface area contributed by atoms with Crippen LogP contribution in [0.5, 0.6) is 0 Å². The van der Waals surface area contributed by atoms with Gasteiger partial charge in [-0.15, -0.1) is 0 Å². The van der Waals surface area contributed by atoms with Crippen LogP contribution in [0, 0.1) is 19.2 Å². The average Bonchev–Trinajstić information content (AvgIpc) is 3.29. The van der Waals surface area contributed by atoms with Gasteiger partial charge in [-0.25, -0.2) is 22.6 Å². The minimum Gasteiger partial charge on any atom is -0.335 e. The molecule has 1 aliphatic heterocycles. The van der Waals surface area contributed by atoms with Crippen molar-refractivity contribution in [1.29, 1.82) is 0 Å². The zero-order chi connectivity index (χ0) is 19.9. The third-order valence-corrected chi connectivity index (χ3v) is 6.41. The Bertz CT molecular complexity index is 1180. The predicted molar refractivity (Wildman–Crippen MR) is 103 cm³/mol. The monoisotopic (exact) mass is 396 g/mol. The number of carbonyl (C=O) groups excluding carboxylic acids is 2. The Labute approximate surface area is 161 Å². The molecule has 1 aromatic heterocycles. The van der Waals surface area contributed by atoms with Crippen LogP contribution in [0.2, 0.25) is 0 Å². The minimum absolute atomic E-state index is 0.00495. The second-order valence-electron chi connectivity index (χ2n) is 6.44. The molecule has 1 fully saturated rings. The van der Waals surface area contributed by atoms with Crippen LogP contribution >= 0.6 is 0 Å². The summed E-state index contributed by atoms with van der Waals surface area (Å²) in [5, 5.41) is 6.95. The molecule has 1 unspecified atom stereocenters. The van der Waals surface area contributed by atoms with E-state index in [4.69, 9.17) is 0 Å². The first-order valence-electron chi connectivity index (χ1n) is 8.46. The van der Waals surface area contributed by atoms with E-state index in [1.165, 1.54) is 22.8 Å². The van der Waals surface area contributed by atoms with Gasteiger partial charge in [0.15, 0.2) is 5.37 Å². The van der Waals surface area contributed by atoms with Gasteiger partial charge in [-0.3, -0.25) is 0 Å². The van der Waals surface area contributed by atoms with Crippen molar-refractivity contribution in [3.8, 4) is 0 Å². The molecule has 1 aliphatic rings. The van der Waals surface area contributed by atoms with Crippen molar-refractivity contribution in [1.82, 2.24) is 15.2 Å². The van der Waals surface area contributed by atoms with Crippen molar-refractivity contribution in [2.45, 2.75) is 17.2 Å². The van der Waals surface area contributed by atoms with Crippen LogP contribution in [0.15, 0.2) is 47.4 Å². The van der Waals surface area contributed by atoms with Gasteiger partial charge in [0.1, 0.15) is 0 Å². The number of urea groups is 1. The van der Waals surface area contributed by atoms with Gasteiger partial charge in [-0.1, -0.05) is 17.7 Å². The lowest BCUT2D eigenvalue weighted by atomic mass is 10.2. The number of amides is 3. The predicted octanol–water partition coefficient (Wildman–Crippen LogP) is 2.04. The van der Waals surface area contributed by atoms with E-state index in [9.17, 15) is 18.0 Å². The Morgan fingerprint density at radius 1 is 1.21 bits per heavy atom. The third kappa shape index (κ3) is 3.14. The van der Waals surface area contributed by atoms with Gasteiger partial charge in [0, 0.05) is 11.9 Å². The summed E-state index contributed by atoms with van der Waals surface area (Å²) in [6.45, 7) is 1.95. The van der Waals surface area contributed by atoms with E-state index in [0.29, 0.717) is 16.6 Å². The Hall–Kier alpha value is -3.51. The molecule has 1 atom stereocenters. The summed E-state index contributed by atoms with van der Waals surface area (Å²) in [6, 6.07) is 13.5. The quantitative estimate of drug-likeness (QED) is 0.629. The van der Waals surface area contributed by atoms with Crippen LogP contribution in [0.25, 0.3) is 10.9 Å². The molecule has 0 aliphatic carbocycles. The van der Waals surface area contributed by atoms with Crippen molar-refractivity contribution in [3.63, 3.8) is 0 Å². The van der Waals surface area contributed by atoms with Gasteiger partial charge >= 0.3 is 12.1 Å². The number of aryl methyl sites for hydroxylation is 1. The second kappa shape index (κ2) is 6.58. The largest absolute Gasteiger partial charge is 0.338 e. The molecular formula is C19H16N4O4S. The summed E-state index contributed by atoms with van der Waals surface area (Å²) in [5.74, 6) is 0. The number of nitrogens with zero attached hydrogens (tertiary/aromatic N) is 1. The molecule has 0 spiro atoms. The van der Waals surface area contributed by atoms with Crippen LogP contribution in [0.1, 0.15) is 5.56 Å². The van der Waals surface area contributed by atoms with Crippen LogP contribution in [-0.2, 0) is 9.84 Å². The molecule has 3 aromatic rings. The van der Waals surface area contributed by atoms with Gasteiger partial charge in [0.25, 0.3) is 0 Å². The van der Waals surface area contributed by atoms with E-state index in [1.54, 1.807) is 12.1 Å². The van der Waals surface area contributed by atoms with Gasteiger partial charge in [0.2, 0.25) is 9.84 Å². The van der Waals surface area contributed by atoms with Crippen molar-refractivity contribution in [3.05, 3.63) is 60.3 Å². The summed E-state index contributed by atoms with van der Waals surface area (Å²) in [6.07, 6.45) is 2.70. The number of carbonyl (C=O) groups is 2. The van der Waals surface area contributed by atoms with E-state index < -0.39 is 27.3 Å². The topological polar surface area (TPSA) is 109 Å². The highest BCUT2D eigenvalue weighted by atomic mass is 32.2. The zero-order valence-corrected chi connectivity index (χ0v) is 15.6. The maximum absolute atomic E-state index is 12.7. The molecule has 142 valence electrons. The molecule has 0 radical (unpaired) electrons. The maximum Gasteiger partial charge on any atom is 0.338 e. The van der Waals surface area contributed by atoms with Crippen molar-refractivity contribution >= 4 is 38.5 Å². The number of aromatic nitrogens is 1. The molecule has 2 aromatic carbocycles. The molecule has 3 amide bonds. The highest BCUT2D eigenvalue weighted by Crippen LogP contribution is 2.22. The first-order chi connectivity index (χ1) is 13.3. The molecular weight excluding hydrogens is 380 g/mol. The summed E-state index contributed by atoms with van der Waals surface area (Å²) in [4.78, 5) is 23.8. The van der Waals surface area contributed by atoms with Crippen LogP contribution in [-0.4, -0.2) is 37.0 Å². The lowest BCUT2D eigenvalue weighted by Gasteiger charge is -2.11. The van der Waals surface area contributed by atoms with Gasteiger partial charge in [-0.2, -0.15) is 0 Å². The number of hydrogen-bond acceptors (Lipinski definition) is 4. The first kappa shape index (κ1) is 17.9. The summed E-state index contributed by atoms with van der Waals surface area (Å²) in [5.41, 5.74) is 2.18. The van der Waals surface area contributed by atoms with Crippen molar-refractivity contribution in [2.75, 3.05) is 11.9 Å². The fourth-order valence-electron chi connectivity index (χ4n) is 2.93. The van der Waals surface area contributed by atoms with Crippen LogP contribution in [0.3, 0.4) is 0 Å². The second-order valence-corrected chi connectivity index (χ2v) is 8.57. The van der Waals surface area contributed by atoms with E-state index in [-0.39, 0.29) is 11.4 Å². The highest BCUT2D eigenvalue weighted by Gasteiger charge is 2.33. The molecule has 4 rings (SSSR count). The fourth-order valence-corrected chi connectivity index (χ4v) is 4.36. The average molecular weight is 396 g/mol. The number of fused-ring (bicyclic) bond motifs is 1. The van der Waals surface area contributed by atoms with Gasteiger partial charge < -0.3 is 16.0 Å². The SMILES string of the molecule is Cc1ccc(NC(=O)n2c#cc3cc(S(=O)(=O)C4CNC(=O)N4)ccc32)cc1. The van der Waals surface area contributed by atoms with Crippen LogP contribution < -0.4 is 16.0 Å². The highest BCUT2D eigenvalue weighted by molar-refractivity contribution is 7.92. The van der Waals surface area contributed by atoms with Gasteiger partial charge in [0.05, 0.1) is 22.3 Å². The number of anilines is 1. The summed E-state index contributed by atoms with van der Waals surface area (Å²) >= 11 is 0. The van der Waals surface area contributed by atoms with Gasteiger partial charge in [-0.05, 0) is 43.3 Å². The molecule has 3 N–H and O–H groups in total. The third-order valence-electron chi connectivity index (χ3n) is 4.46. The maximum atomic E-state index is 12.7. The molecule has 28 heavy (non-hydrogen) atoms. The number of benzene rings is 2. The Morgan fingerprint density at radius 3 is 2.64 bits per heavy atom. The number of rotatable bonds is 3. The normalized spacial score (nSPS) is 16.3. The van der Waals surface area contributed by atoms with E-state index in [1.807, 2.05) is 19.1 Å². The summed E-state index contributed by atoms with van der Waals surface area (Å²) in [7, 11) is -3.76. The Kier molecular flexibility index (Phi) is 4.20. The fraction of sp³-hybridized carbons (Fsp3) is 0.158. The number of sulfone groups is 1. The lowest BCUT2D eigenvalue weighted by molar-refractivity contribution is 0.248. The number of nitrogens with one attached hydrogen (secondary N) is 3. The van der Waals surface area contributed by atoms with Crippen molar-refractivity contribution in [2.24, 2.45) is 0 Å². The molecule has 1 saturated heterocycles. The lowest BCUT2D eigenvalue weighted by Crippen LogP contribution is -2.34. The molecule has 2 heterocycles.